The van der Waals surface area contributed by atoms with E-state index in [1.807, 2.05) is 6.08 Å². The summed E-state index contributed by atoms with van der Waals surface area (Å²) in [5, 5.41) is 0. The lowest BCUT2D eigenvalue weighted by Gasteiger charge is -2.21. The molecular weight excluding hydrogens is 152 g/mol. The summed E-state index contributed by atoms with van der Waals surface area (Å²) in [6.07, 6.45) is 3.81. The second-order valence-corrected chi connectivity index (χ2v) is 4.02. The van der Waals surface area contributed by atoms with E-state index in [2.05, 4.69) is 20.8 Å². The third-order valence-electron chi connectivity index (χ3n) is 2.43. The Labute approximate surface area is 73.6 Å². The number of hydrogen-bond donors (Lipinski definition) is 0. The van der Waals surface area contributed by atoms with Gasteiger partial charge in [-0.2, -0.15) is 0 Å². The van der Waals surface area contributed by atoms with Crippen LogP contribution in [0.2, 0.25) is 0 Å². The molecule has 1 heterocycles. The van der Waals surface area contributed by atoms with Gasteiger partial charge in [0.1, 0.15) is 6.61 Å². The number of carbonyl (C=O) groups excluding carboxylic acids is 1. The van der Waals surface area contributed by atoms with Crippen molar-refractivity contribution in [3.05, 3.63) is 11.6 Å². The Bertz CT molecular complexity index is 214. The fourth-order valence-corrected chi connectivity index (χ4v) is 1.18. The zero-order valence-corrected chi connectivity index (χ0v) is 8.02. The molecule has 0 fully saturated rings. The molecule has 0 aromatic heterocycles. The second-order valence-electron chi connectivity index (χ2n) is 4.02. The van der Waals surface area contributed by atoms with Gasteiger partial charge < -0.3 is 4.74 Å². The molecule has 0 saturated carbocycles. The van der Waals surface area contributed by atoms with Crippen molar-refractivity contribution in [2.24, 2.45) is 5.41 Å². The highest BCUT2D eigenvalue weighted by molar-refractivity contribution is 5.90. The SMILES string of the molecule is CCC(C)(C)CC1=CCOC1=O. The van der Waals surface area contributed by atoms with E-state index in [0.717, 1.165) is 18.4 Å². The summed E-state index contributed by atoms with van der Waals surface area (Å²) in [6.45, 7) is 6.94. The van der Waals surface area contributed by atoms with Gasteiger partial charge in [0.2, 0.25) is 0 Å². The number of ether oxygens (including phenoxy) is 1. The Hall–Kier alpha value is -0.790. The van der Waals surface area contributed by atoms with Gasteiger partial charge in [0.25, 0.3) is 0 Å². The van der Waals surface area contributed by atoms with E-state index in [-0.39, 0.29) is 11.4 Å². The minimum atomic E-state index is -0.128. The molecule has 1 rings (SSSR count). The van der Waals surface area contributed by atoms with Gasteiger partial charge in [0, 0.05) is 5.57 Å². The third-order valence-corrected chi connectivity index (χ3v) is 2.43. The number of carbonyl (C=O) groups is 1. The number of esters is 1. The third kappa shape index (κ3) is 2.10. The molecule has 0 aliphatic carbocycles. The summed E-state index contributed by atoms with van der Waals surface area (Å²) in [7, 11) is 0. The van der Waals surface area contributed by atoms with Gasteiger partial charge in [-0.15, -0.1) is 0 Å². The van der Waals surface area contributed by atoms with Crippen LogP contribution in [0.5, 0.6) is 0 Å². The first-order valence-electron chi connectivity index (χ1n) is 4.41. The molecule has 12 heavy (non-hydrogen) atoms. The first-order valence-corrected chi connectivity index (χ1v) is 4.41. The molecular formula is C10H16O2. The zero-order valence-electron chi connectivity index (χ0n) is 8.02. The molecule has 0 aromatic carbocycles. The molecule has 1 aliphatic rings. The van der Waals surface area contributed by atoms with E-state index in [9.17, 15) is 4.79 Å². The first kappa shape index (κ1) is 9.30. The molecule has 1 aliphatic heterocycles. The fraction of sp³-hybridized carbons (Fsp3) is 0.700. The van der Waals surface area contributed by atoms with Crippen LogP contribution in [-0.4, -0.2) is 12.6 Å². The van der Waals surface area contributed by atoms with Gasteiger partial charge in [-0.3, -0.25) is 0 Å². The standard InChI is InChI=1S/C10H16O2/c1-4-10(2,3)7-8-5-6-12-9(8)11/h5H,4,6-7H2,1-3H3. The van der Waals surface area contributed by atoms with Gasteiger partial charge in [-0.25, -0.2) is 4.79 Å². The average molecular weight is 168 g/mol. The van der Waals surface area contributed by atoms with Gasteiger partial charge >= 0.3 is 5.97 Å². The molecule has 0 saturated heterocycles. The molecule has 2 nitrogen and oxygen atoms in total. The Morgan fingerprint density at radius 3 is 2.67 bits per heavy atom. The Morgan fingerprint density at radius 1 is 1.58 bits per heavy atom. The van der Waals surface area contributed by atoms with Gasteiger partial charge in [0.05, 0.1) is 0 Å². The lowest BCUT2D eigenvalue weighted by molar-refractivity contribution is -0.136. The van der Waals surface area contributed by atoms with E-state index < -0.39 is 0 Å². The highest BCUT2D eigenvalue weighted by Crippen LogP contribution is 2.30. The minimum Gasteiger partial charge on any atom is -0.458 e. The Morgan fingerprint density at radius 2 is 2.25 bits per heavy atom. The van der Waals surface area contributed by atoms with Crippen LogP contribution in [0.4, 0.5) is 0 Å². The summed E-state index contributed by atoms with van der Waals surface area (Å²) in [5.74, 6) is -0.128. The van der Waals surface area contributed by atoms with Crippen LogP contribution >= 0.6 is 0 Å². The van der Waals surface area contributed by atoms with Crippen molar-refractivity contribution in [2.75, 3.05) is 6.61 Å². The molecule has 68 valence electrons. The van der Waals surface area contributed by atoms with Crippen LogP contribution in [0.3, 0.4) is 0 Å². The summed E-state index contributed by atoms with van der Waals surface area (Å²) < 4.78 is 4.82. The van der Waals surface area contributed by atoms with E-state index in [1.165, 1.54) is 0 Å². The predicted molar refractivity (Wildman–Crippen MR) is 47.7 cm³/mol. The largest absolute Gasteiger partial charge is 0.458 e. The molecule has 0 bridgehead atoms. The molecule has 0 aromatic rings. The van der Waals surface area contributed by atoms with Gasteiger partial charge in [0.15, 0.2) is 0 Å². The monoisotopic (exact) mass is 168 g/mol. The first-order chi connectivity index (χ1) is 5.55. The highest BCUT2D eigenvalue weighted by Gasteiger charge is 2.24. The molecule has 2 heteroatoms. The lowest BCUT2D eigenvalue weighted by Crippen LogP contribution is -2.13. The zero-order chi connectivity index (χ0) is 9.19. The van der Waals surface area contributed by atoms with Gasteiger partial charge in [-0.1, -0.05) is 27.2 Å². The molecule has 0 N–H and O–H groups in total. The van der Waals surface area contributed by atoms with Crippen LogP contribution in [-0.2, 0) is 9.53 Å². The van der Waals surface area contributed by atoms with Crippen LogP contribution in [0.15, 0.2) is 11.6 Å². The minimum absolute atomic E-state index is 0.128. The molecule has 0 atom stereocenters. The van der Waals surface area contributed by atoms with Crippen molar-refractivity contribution in [2.45, 2.75) is 33.6 Å². The van der Waals surface area contributed by atoms with Crippen molar-refractivity contribution < 1.29 is 9.53 Å². The van der Waals surface area contributed by atoms with Gasteiger partial charge in [-0.05, 0) is 17.9 Å². The van der Waals surface area contributed by atoms with E-state index in [4.69, 9.17) is 4.74 Å². The summed E-state index contributed by atoms with van der Waals surface area (Å²) >= 11 is 0. The Balaban J connectivity index is 2.56. The second kappa shape index (κ2) is 3.30. The van der Waals surface area contributed by atoms with E-state index in [1.54, 1.807) is 0 Å². The smallest absolute Gasteiger partial charge is 0.334 e. The van der Waals surface area contributed by atoms with Crippen LogP contribution in [0.25, 0.3) is 0 Å². The summed E-state index contributed by atoms with van der Waals surface area (Å²) in [4.78, 5) is 11.1. The predicted octanol–water partition coefficient (Wildman–Crippen LogP) is 2.30. The fourth-order valence-electron chi connectivity index (χ4n) is 1.18. The maximum atomic E-state index is 11.1. The van der Waals surface area contributed by atoms with Crippen molar-refractivity contribution in [1.29, 1.82) is 0 Å². The van der Waals surface area contributed by atoms with Crippen LogP contribution in [0.1, 0.15) is 33.6 Å². The maximum absolute atomic E-state index is 11.1. The highest BCUT2D eigenvalue weighted by atomic mass is 16.5. The van der Waals surface area contributed by atoms with E-state index in [0.29, 0.717) is 6.61 Å². The molecule has 0 unspecified atom stereocenters. The number of hydrogen-bond acceptors (Lipinski definition) is 2. The molecule has 0 spiro atoms. The molecule has 0 radical (unpaired) electrons. The number of cyclic esters (lactones) is 1. The normalized spacial score (nSPS) is 17.6. The summed E-state index contributed by atoms with van der Waals surface area (Å²) in [6, 6.07) is 0. The quantitative estimate of drug-likeness (QED) is 0.604. The maximum Gasteiger partial charge on any atom is 0.334 e. The van der Waals surface area contributed by atoms with E-state index >= 15 is 0 Å². The van der Waals surface area contributed by atoms with Crippen LogP contribution < -0.4 is 0 Å². The number of rotatable bonds is 3. The molecule has 0 amide bonds. The summed E-state index contributed by atoms with van der Waals surface area (Å²) in [5.41, 5.74) is 1.07. The van der Waals surface area contributed by atoms with Crippen molar-refractivity contribution >= 4 is 5.97 Å². The average Bonchev–Trinajstić information content (AvgIpc) is 2.36. The Kier molecular flexibility index (Phi) is 2.55. The lowest BCUT2D eigenvalue weighted by atomic mass is 9.83. The van der Waals surface area contributed by atoms with Crippen molar-refractivity contribution in [1.82, 2.24) is 0 Å². The van der Waals surface area contributed by atoms with Crippen LogP contribution in [0, 0.1) is 5.41 Å². The van der Waals surface area contributed by atoms with Crippen molar-refractivity contribution in [3.8, 4) is 0 Å². The topological polar surface area (TPSA) is 26.3 Å². The van der Waals surface area contributed by atoms with Crippen molar-refractivity contribution in [3.63, 3.8) is 0 Å².